The summed E-state index contributed by atoms with van der Waals surface area (Å²) in [5, 5.41) is 14.3. The number of carbonyl (C=O) groups excluding carboxylic acids is 1. The van der Waals surface area contributed by atoms with Crippen LogP contribution in [0.2, 0.25) is 0 Å². The van der Waals surface area contributed by atoms with Gasteiger partial charge in [0, 0.05) is 37.3 Å². The maximum absolute atomic E-state index is 12.4. The second kappa shape index (κ2) is 9.10. The van der Waals surface area contributed by atoms with Gasteiger partial charge in [-0.2, -0.15) is 10.1 Å². The van der Waals surface area contributed by atoms with Crippen molar-refractivity contribution in [3.8, 4) is 22.1 Å². The number of pyridine rings is 1. The third-order valence-electron chi connectivity index (χ3n) is 4.27. The molecule has 0 bridgehead atoms. The summed E-state index contributed by atoms with van der Waals surface area (Å²) >= 11 is 6.59. The minimum atomic E-state index is -0.202. The lowest BCUT2D eigenvalue weighted by molar-refractivity contribution is -0.116. The molecule has 2 N–H and O–H groups in total. The molecule has 12 heteroatoms. The Morgan fingerprint density at radius 2 is 2.32 bits per heavy atom. The molecule has 0 fully saturated rings. The van der Waals surface area contributed by atoms with Gasteiger partial charge in [0.25, 0.3) is 0 Å². The largest absolute Gasteiger partial charge is 0.339 e. The van der Waals surface area contributed by atoms with E-state index in [9.17, 15) is 4.79 Å². The number of thiazole rings is 1. The molecule has 0 aliphatic carbocycles. The summed E-state index contributed by atoms with van der Waals surface area (Å²) in [6, 6.07) is 3.63. The molecular weight excluding hydrogens is 436 g/mol. The molecule has 4 aromatic rings. The van der Waals surface area contributed by atoms with Gasteiger partial charge in [-0.25, -0.2) is 4.98 Å². The highest BCUT2D eigenvalue weighted by atomic mass is 32.1. The second-order valence-electron chi connectivity index (χ2n) is 6.49. The van der Waals surface area contributed by atoms with Crippen molar-refractivity contribution in [2.24, 2.45) is 0 Å². The zero-order valence-electron chi connectivity index (χ0n) is 16.5. The molecule has 0 saturated heterocycles. The molecule has 4 rings (SSSR count). The van der Waals surface area contributed by atoms with Crippen molar-refractivity contribution in [3.63, 3.8) is 0 Å². The highest BCUT2D eigenvalue weighted by Gasteiger charge is 2.18. The molecule has 0 aromatic carbocycles. The van der Waals surface area contributed by atoms with Crippen LogP contribution in [0.3, 0.4) is 0 Å². The van der Waals surface area contributed by atoms with E-state index >= 15 is 0 Å². The number of rotatable bonds is 8. The topological polar surface area (TPSA) is 127 Å². The number of allylic oxidation sites excluding steroid dienone is 1. The summed E-state index contributed by atoms with van der Waals surface area (Å²) in [5.41, 5.74) is 1.50. The lowest BCUT2D eigenvalue weighted by Crippen LogP contribution is -2.12. The molecule has 10 nitrogen and oxygen atoms in total. The van der Waals surface area contributed by atoms with Crippen LogP contribution in [0.25, 0.3) is 22.1 Å². The Hall–Kier alpha value is -3.51. The van der Waals surface area contributed by atoms with Crippen molar-refractivity contribution in [1.82, 2.24) is 34.9 Å². The average molecular weight is 455 g/mol. The van der Waals surface area contributed by atoms with E-state index in [1.165, 1.54) is 11.3 Å². The number of aromatic nitrogens is 7. The van der Waals surface area contributed by atoms with E-state index in [4.69, 9.17) is 16.7 Å². The number of aromatic amines is 1. The van der Waals surface area contributed by atoms with Crippen molar-refractivity contribution in [2.75, 3.05) is 5.32 Å². The average Bonchev–Trinajstić information content (AvgIpc) is 3.47. The second-order valence-corrected chi connectivity index (χ2v) is 7.87. The number of H-pyrrole nitrogens is 1. The molecule has 0 spiro atoms. The predicted molar refractivity (Wildman–Crippen MR) is 118 cm³/mol. The molecule has 0 saturated carbocycles. The van der Waals surface area contributed by atoms with Crippen LogP contribution in [0, 0.1) is 11.7 Å². The lowest BCUT2D eigenvalue weighted by atomic mass is 10.2. The van der Waals surface area contributed by atoms with Crippen molar-refractivity contribution in [2.45, 2.75) is 26.3 Å². The molecule has 0 radical (unpaired) electrons. The van der Waals surface area contributed by atoms with Gasteiger partial charge in [0.1, 0.15) is 0 Å². The van der Waals surface area contributed by atoms with Crippen molar-refractivity contribution >= 4 is 34.6 Å². The number of hydrogen-bond donors (Lipinski definition) is 2. The van der Waals surface area contributed by atoms with Crippen LogP contribution in [0.15, 0.2) is 41.7 Å². The third kappa shape index (κ3) is 4.64. The Morgan fingerprint density at radius 1 is 1.45 bits per heavy atom. The van der Waals surface area contributed by atoms with Crippen LogP contribution in [-0.2, 0) is 17.8 Å². The van der Waals surface area contributed by atoms with E-state index in [0.717, 1.165) is 16.1 Å². The Labute approximate surface area is 186 Å². The highest BCUT2D eigenvalue weighted by molar-refractivity contribution is 7.71. The van der Waals surface area contributed by atoms with Gasteiger partial charge in [-0.15, -0.1) is 6.58 Å². The first-order valence-corrected chi connectivity index (χ1v) is 10.5. The van der Waals surface area contributed by atoms with E-state index < -0.39 is 0 Å². The first-order valence-electron chi connectivity index (χ1n) is 9.32. The highest BCUT2D eigenvalue weighted by Crippen LogP contribution is 2.31. The number of nitrogens with one attached hydrogen (secondary N) is 2. The van der Waals surface area contributed by atoms with Gasteiger partial charge in [-0.05, 0) is 31.3 Å². The summed E-state index contributed by atoms with van der Waals surface area (Å²) in [4.78, 5) is 26.0. The van der Waals surface area contributed by atoms with E-state index in [2.05, 4.69) is 42.2 Å². The van der Waals surface area contributed by atoms with Crippen LogP contribution < -0.4 is 5.32 Å². The first kappa shape index (κ1) is 20.8. The minimum absolute atomic E-state index is 0.178. The van der Waals surface area contributed by atoms with Crippen molar-refractivity contribution < 1.29 is 9.32 Å². The number of aryl methyl sites for hydroxylation is 2. The van der Waals surface area contributed by atoms with Crippen LogP contribution in [0.1, 0.15) is 18.0 Å². The third-order valence-corrected chi connectivity index (χ3v) is 5.65. The number of amides is 1. The van der Waals surface area contributed by atoms with E-state index in [1.54, 1.807) is 24.5 Å². The predicted octanol–water partition coefficient (Wildman–Crippen LogP) is 3.57. The van der Waals surface area contributed by atoms with E-state index in [1.807, 2.05) is 17.6 Å². The summed E-state index contributed by atoms with van der Waals surface area (Å²) in [6.07, 6.45) is 5.55. The maximum Gasteiger partial charge on any atom is 0.227 e. The van der Waals surface area contributed by atoms with E-state index in [-0.39, 0.29) is 12.3 Å². The molecule has 0 unspecified atom stereocenters. The fraction of sp³-hybridized carbons (Fsp3) is 0.211. The van der Waals surface area contributed by atoms with Crippen LogP contribution in [-0.4, -0.2) is 40.8 Å². The molecule has 0 atom stereocenters. The van der Waals surface area contributed by atoms with Crippen LogP contribution in [0.4, 0.5) is 5.13 Å². The van der Waals surface area contributed by atoms with Gasteiger partial charge >= 0.3 is 0 Å². The lowest BCUT2D eigenvalue weighted by Gasteiger charge is -2.01. The summed E-state index contributed by atoms with van der Waals surface area (Å²) < 4.78 is 7.55. The van der Waals surface area contributed by atoms with Gasteiger partial charge in [-0.3, -0.25) is 19.4 Å². The monoisotopic (exact) mass is 454 g/mol. The van der Waals surface area contributed by atoms with Crippen LogP contribution in [0.5, 0.6) is 0 Å². The standard InChI is InChI=1S/C19H18N8O2S2/c1-3-9-27-17(24-25-19(27)30)15-11(2)21-18(31-15)22-13(28)6-7-14-23-16(26-29-14)12-5-4-8-20-10-12/h3-5,8,10H,1,6-7,9H2,2H3,(H,25,30)(H,21,22,28). The van der Waals surface area contributed by atoms with Gasteiger partial charge in [0.2, 0.25) is 17.6 Å². The van der Waals surface area contributed by atoms with Gasteiger partial charge in [0.15, 0.2) is 15.7 Å². The molecule has 4 heterocycles. The molecule has 158 valence electrons. The van der Waals surface area contributed by atoms with Crippen LogP contribution >= 0.6 is 23.6 Å². The quantitative estimate of drug-likeness (QED) is 0.305. The molecule has 0 aliphatic rings. The molecule has 1 amide bonds. The Morgan fingerprint density at radius 3 is 3.10 bits per heavy atom. The fourth-order valence-electron chi connectivity index (χ4n) is 2.82. The smallest absolute Gasteiger partial charge is 0.227 e. The Balaban J connectivity index is 1.40. The molecule has 0 aliphatic heterocycles. The maximum atomic E-state index is 12.4. The fourth-order valence-corrected chi connectivity index (χ4v) is 4.01. The van der Waals surface area contributed by atoms with Crippen molar-refractivity contribution in [3.05, 3.63) is 53.5 Å². The van der Waals surface area contributed by atoms with E-state index in [0.29, 0.717) is 40.4 Å². The number of carbonyl (C=O) groups is 1. The Kier molecular flexibility index (Phi) is 6.09. The molecular formula is C19H18N8O2S2. The van der Waals surface area contributed by atoms with Gasteiger partial charge in [0.05, 0.1) is 10.6 Å². The SMILES string of the molecule is C=CCn1c(-c2sc(NC(=O)CCc3nc(-c4cccnc4)no3)nc2C)n[nH]c1=S. The summed E-state index contributed by atoms with van der Waals surface area (Å²) in [5.74, 6) is 1.28. The summed E-state index contributed by atoms with van der Waals surface area (Å²) in [6.45, 7) is 6.12. The van der Waals surface area contributed by atoms with Gasteiger partial charge < -0.3 is 9.84 Å². The zero-order chi connectivity index (χ0) is 21.8. The Bertz CT molecular complexity index is 1270. The number of anilines is 1. The molecule has 4 aromatic heterocycles. The normalized spacial score (nSPS) is 10.9. The molecule has 31 heavy (non-hydrogen) atoms. The first-order chi connectivity index (χ1) is 15.0. The number of hydrogen-bond acceptors (Lipinski definition) is 9. The van der Waals surface area contributed by atoms with Crippen molar-refractivity contribution in [1.29, 1.82) is 0 Å². The minimum Gasteiger partial charge on any atom is -0.339 e. The van der Waals surface area contributed by atoms with Gasteiger partial charge in [-0.1, -0.05) is 22.6 Å². The zero-order valence-corrected chi connectivity index (χ0v) is 18.2. The summed E-state index contributed by atoms with van der Waals surface area (Å²) in [7, 11) is 0. The number of nitrogens with zero attached hydrogens (tertiary/aromatic N) is 6.